The predicted octanol–water partition coefficient (Wildman–Crippen LogP) is 4.67. The maximum atomic E-state index is 6.25. The van der Waals surface area contributed by atoms with Gasteiger partial charge in [0.05, 0.1) is 0 Å². The monoisotopic (exact) mass is 278 g/mol. The minimum Gasteiger partial charge on any atom is -0.0837 e. The van der Waals surface area contributed by atoms with Gasteiger partial charge in [0.2, 0.25) is 0 Å². The fourth-order valence-corrected chi connectivity index (χ4v) is 2.92. The molecule has 74 valence electrons. The van der Waals surface area contributed by atoms with E-state index in [9.17, 15) is 0 Å². The van der Waals surface area contributed by atoms with Gasteiger partial charge in [0.1, 0.15) is 0 Å². The summed E-state index contributed by atoms with van der Waals surface area (Å²) < 4.78 is 1.15. The van der Waals surface area contributed by atoms with Crippen molar-refractivity contribution in [2.75, 3.05) is 0 Å². The maximum Gasteiger partial charge on any atom is 0.0488 e. The minimum absolute atomic E-state index is 0.846. The molecule has 0 unspecified atom stereocenters. The molecule has 1 aliphatic carbocycles. The summed E-state index contributed by atoms with van der Waals surface area (Å²) in [7, 11) is 0. The molecule has 0 radical (unpaired) electrons. The molecule has 0 spiro atoms. The van der Waals surface area contributed by atoms with Gasteiger partial charge in [-0.25, -0.2) is 0 Å². The van der Waals surface area contributed by atoms with Gasteiger partial charge >= 0.3 is 0 Å². The van der Waals surface area contributed by atoms with Gasteiger partial charge in [-0.1, -0.05) is 51.8 Å². The lowest BCUT2D eigenvalue weighted by Crippen LogP contribution is -1.82. The van der Waals surface area contributed by atoms with E-state index in [2.05, 4.69) is 40.2 Å². The summed E-state index contributed by atoms with van der Waals surface area (Å²) in [5.74, 6) is 0. The number of halogens is 2. The Kier molecular flexibility index (Phi) is 2.11. The Balaban J connectivity index is 2.37. The molecule has 0 heterocycles. The fraction of sp³-hybridized carbons (Fsp3) is 0.0769. The molecule has 15 heavy (non-hydrogen) atoms. The van der Waals surface area contributed by atoms with E-state index in [1.807, 2.05) is 12.1 Å². The Morgan fingerprint density at radius 1 is 1.07 bits per heavy atom. The fourth-order valence-electron chi connectivity index (χ4n) is 2.17. The molecular formula is C13H8BrCl. The molecule has 3 rings (SSSR count). The van der Waals surface area contributed by atoms with E-state index >= 15 is 0 Å². The Bertz CT molecular complexity index is 546. The van der Waals surface area contributed by atoms with E-state index < -0.39 is 0 Å². The predicted molar refractivity (Wildman–Crippen MR) is 67.4 cm³/mol. The van der Waals surface area contributed by atoms with Crippen LogP contribution in [0.15, 0.2) is 40.9 Å². The van der Waals surface area contributed by atoms with Gasteiger partial charge in [-0.3, -0.25) is 0 Å². The first-order valence-corrected chi connectivity index (χ1v) is 5.99. The summed E-state index contributed by atoms with van der Waals surface area (Å²) in [5, 5.41) is 0.846. The van der Waals surface area contributed by atoms with Crippen molar-refractivity contribution < 1.29 is 0 Å². The average Bonchev–Trinajstić information content (AvgIpc) is 2.64. The van der Waals surface area contributed by atoms with E-state index in [0.29, 0.717) is 0 Å². The Morgan fingerprint density at radius 2 is 1.87 bits per heavy atom. The standard InChI is InChI=1S/C13H8BrCl/c14-11-5-6-12(15)13-9-4-2-1-3-8(9)7-10(11)13/h1-6H,7H2. The lowest BCUT2D eigenvalue weighted by molar-refractivity contribution is 1.25. The molecule has 0 aliphatic heterocycles. The van der Waals surface area contributed by atoms with Crippen molar-refractivity contribution >= 4 is 27.5 Å². The van der Waals surface area contributed by atoms with Crippen LogP contribution in [0.2, 0.25) is 5.02 Å². The summed E-state index contributed by atoms with van der Waals surface area (Å²) in [6, 6.07) is 12.4. The van der Waals surface area contributed by atoms with Gasteiger partial charge in [0.25, 0.3) is 0 Å². The minimum atomic E-state index is 0.846. The zero-order valence-corrected chi connectivity index (χ0v) is 10.3. The lowest BCUT2D eigenvalue weighted by atomic mass is 10.1. The van der Waals surface area contributed by atoms with Gasteiger partial charge in [-0.05, 0) is 35.2 Å². The average molecular weight is 280 g/mol. The largest absolute Gasteiger partial charge is 0.0837 e. The van der Waals surface area contributed by atoms with Crippen LogP contribution in [0.5, 0.6) is 0 Å². The van der Waals surface area contributed by atoms with Crippen molar-refractivity contribution in [3.05, 3.63) is 57.0 Å². The third-order valence-corrected chi connectivity index (χ3v) is 3.92. The molecule has 0 saturated heterocycles. The zero-order valence-electron chi connectivity index (χ0n) is 7.93. The lowest BCUT2D eigenvalue weighted by Gasteiger charge is -2.04. The third-order valence-electron chi connectivity index (χ3n) is 2.86. The molecule has 0 aromatic heterocycles. The van der Waals surface area contributed by atoms with E-state index in [0.717, 1.165) is 15.9 Å². The molecule has 2 heteroatoms. The van der Waals surface area contributed by atoms with Crippen LogP contribution in [0.4, 0.5) is 0 Å². The van der Waals surface area contributed by atoms with Crippen molar-refractivity contribution in [2.24, 2.45) is 0 Å². The molecule has 0 nitrogen and oxygen atoms in total. The highest BCUT2D eigenvalue weighted by molar-refractivity contribution is 9.10. The summed E-state index contributed by atoms with van der Waals surface area (Å²) in [6.07, 6.45) is 0.979. The first kappa shape index (κ1) is 9.44. The number of hydrogen-bond donors (Lipinski definition) is 0. The smallest absolute Gasteiger partial charge is 0.0488 e. The zero-order chi connectivity index (χ0) is 10.4. The quantitative estimate of drug-likeness (QED) is 0.561. The molecule has 0 fully saturated rings. The van der Waals surface area contributed by atoms with E-state index in [1.165, 1.54) is 22.3 Å². The molecule has 0 bridgehead atoms. The highest BCUT2D eigenvalue weighted by atomic mass is 79.9. The van der Waals surface area contributed by atoms with Crippen LogP contribution in [0.25, 0.3) is 11.1 Å². The van der Waals surface area contributed by atoms with Crippen molar-refractivity contribution in [1.29, 1.82) is 0 Å². The van der Waals surface area contributed by atoms with Gasteiger partial charge in [0, 0.05) is 15.1 Å². The van der Waals surface area contributed by atoms with Crippen LogP contribution in [0.3, 0.4) is 0 Å². The van der Waals surface area contributed by atoms with Crippen LogP contribution in [-0.2, 0) is 6.42 Å². The SMILES string of the molecule is Clc1ccc(Br)c2c1-c1ccccc1C2. The second kappa shape index (κ2) is 3.36. The first-order chi connectivity index (χ1) is 7.27. The number of fused-ring (bicyclic) bond motifs is 3. The van der Waals surface area contributed by atoms with Gasteiger partial charge in [-0.15, -0.1) is 0 Å². The van der Waals surface area contributed by atoms with Gasteiger partial charge in [0.15, 0.2) is 0 Å². The van der Waals surface area contributed by atoms with Crippen molar-refractivity contribution in [3.63, 3.8) is 0 Å². The number of rotatable bonds is 0. The normalized spacial score (nSPS) is 12.4. The second-order valence-electron chi connectivity index (χ2n) is 3.72. The Hall–Kier alpha value is -0.790. The van der Waals surface area contributed by atoms with Gasteiger partial charge in [-0.2, -0.15) is 0 Å². The summed E-state index contributed by atoms with van der Waals surface area (Å²) in [6.45, 7) is 0. The first-order valence-electron chi connectivity index (χ1n) is 4.82. The Morgan fingerprint density at radius 3 is 2.73 bits per heavy atom. The second-order valence-corrected chi connectivity index (χ2v) is 4.98. The van der Waals surface area contributed by atoms with Crippen molar-refractivity contribution in [1.82, 2.24) is 0 Å². The summed E-state index contributed by atoms with van der Waals surface area (Å²) >= 11 is 9.83. The highest BCUT2D eigenvalue weighted by Gasteiger charge is 2.22. The summed E-state index contributed by atoms with van der Waals surface area (Å²) in [4.78, 5) is 0. The van der Waals surface area contributed by atoms with E-state index in [4.69, 9.17) is 11.6 Å². The van der Waals surface area contributed by atoms with E-state index in [-0.39, 0.29) is 0 Å². The molecule has 0 saturated carbocycles. The molecular weight excluding hydrogens is 272 g/mol. The number of hydrogen-bond acceptors (Lipinski definition) is 0. The molecule has 2 aromatic rings. The Labute approximate surface area is 102 Å². The van der Waals surface area contributed by atoms with Crippen LogP contribution in [0, 0.1) is 0 Å². The van der Waals surface area contributed by atoms with Gasteiger partial charge < -0.3 is 0 Å². The van der Waals surface area contributed by atoms with Crippen LogP contribution < -0.4 is 0 Å². The highest BCUT2D eigenvalue weighted by Crippen LogP contribution is 2.43. The topological polar surface area (TPSA) is 0 Å². The third kappa shape index (κ3) is 1.34. The molecule has 0 amide bonds. The maximum absolute atomic E-state index is 6.25. The molecule has 1 aliphatic rings. The van der Waals surface area contributed by atoms with E-state index in [1.54, 1.807) is 0 Å². The van der Waals surface area contributed by atoms with Crippen LogP contribution in [0.1, 0.15) is 11.1 Å². The number of benzene rings is 2. The van der Waals surface area contributed by atoms with Crippen molar-refractivity contribution in [2.45, 2.75) is 6.42 Å². The molecule has 0 N–H and O–H groups in total. The van der Waals surface area contributed by atoms with Crippen LogP contribution >= 0.6 is 27.5 Å². The molecule has 0 atom stereocenters. The van der Waals surface area contributed by atoms with Crippen molar-refractivity contribution in [3.8, 4) is 11.1 Å². The summed E-state index contributed by atoms with van der Waals surface area (Å²) in [5.41, 5.74) is 5.14. The van der Waals surface area contributed by atoms with Crippen LogP contribution in [-0.4, -0.2) is 0 Å². The molecule has 2 aromatic carbocycles.